The number of nitrogens with one attached hydrogen (secondary N) is 1. The number of carbonyl (C=O) groups is 1. The highest BCUT2D eigenvalue weighted by Crippen LogP contribution is 2.23. The standard InChI is InChI=1S/C23H25ClN4O3/c24-13-15(14-29)10-11-31-19-6-4-18(5-7-19)27-23(30)17-3-1-2-16(12-17)21-9-8-20(25)22(26)28-21/h1-9,12,15,29H,10-11,13-14,25H2,(H2,26,28)(H,27,30). The molecule has 0 aliphatic carbocycles. The number of alkyl halides is 1. The summed E-state index contributed by atoms with van der Waals surface area (Å²) in [5, 5.41) is 12.0. The maximum absolute atomic E-state index is 12.7. The SMILES string of the molecule is Nc1ccc(-c2cccc(C(=O)Nc3ccc(OCCC(CO)CCl)cc3)c2)nc1N. The summed E-state index contributed by atoms with van der Waals surface area (Å²) in [5.74, 6) is 1.11. The second-order valence-corrected chi connectivity index (χ2v) is 7.38. The van der Waals surface area contributed by atoms with Crippen LogP contribution in [0.1, 0.15) is 16.8 Å². The van der Waals surface area contributed by atoms with Gasteiger partial charge in [-0.15, -0.1) is 11.6 Å². The monoisotopic (exact) mass is 440 g/mol. The fourth-order valence-corrected chi connectivity index (χ4v) is 3.12. The molecule has 0 bridgehead atoms. The summed E-state index contributed by atoms with van der Waals surface area (Å²) in [6, 6.07) is 17.7. The van der Waals surface area contributed by atoms with Crippen molar-refractivity contribution < 1.29 is 14.6 Å². The fourth-order valence-electron chi connectivity index (χ4n) is 2.86. The average Bonchev–Trinajstić information content (AvgIpc) is 2.79. The number of aliphatic hydroxyl groups is 1. The summed E-state index contributed by atoms with van der Waals surface area (Å²) in [6.45, 7) is 0.501. The summed E-state index contributed by atoms with van der Waals surface area (Å²) in [7, 11) is 0. The molecule has 0 aliphatic heterocycles. The molecule has 1 unspecified atom stereocenters. The van der Waals surface area contributed by atoms with Gasteiger partial charge in [-0.05, 0) is 60.9 Å². The lowest BCUT2D eigenvalue weighted by Gasteiger charge is -2.12. The largest absolute Gasteiger partial charge is 0.494 e. The number of anilines is 3. The van der Waals surface area contributed by atoms with Gasteiger partial charge in [-0.3, -0.25) is 4.79 Å². The van der Waals surface area contributed by atoms with E-state index in [1.807, 2.05) is 6.07 Å². The van der Waals surface area contributed by atoms with Crippen molar-refractivity contribution in [3.63, 3.8) is 0 Å². The Morgan fingerprint density at radius 2 is 1.90 bits per heavy atom. The van der Waals surface area contributed by atoms with E-state index in [0.717, 1.165) is 5.56 Å². The summed E-state index contributed by atoms with van der Waals surface area (Å²) in [5.41, 5.74) is 14.5. The summed E-state index contributed by atoms with van der Waals surface area (Å²) >= 11 is 5.76. The van der Waals surface area contributed by atoms with Crippen LogP contribution in [0.2, 0.25) is 0 Å². The van der Waals surface area contributed by atoms with E-state index in [0.29, 0.717) is 47.3 Å². The number of nitrogens with zero attached hydrogens (tertiary/aromatic N) is 1. The Hall–Kier alpha value is -3.29. The van der Waals surface area contributed by atoms with Gasteiger partial charge in [0.15, 0.2) is 0 Å². The maximum atomic E-state index is 12.7. The molecule has 0 fully saturated rings. The summed E-state index contributed by atoms with van der Waals surface area (Å²) < 4.78 is 5.66. The van der Waals surface area contributed by atoms with Crippen LogP contribution >= 0.6 is 11.6 Å². The van der Waals surface area contributed by atoms with Crippen LogP contribution in [0.4, 0.5) is 17.2 Å². The number of benzene rings is 2. The number of nitrogens with two attached hydrogens (primary N) is 2. The molecule has 1 atom stereocenters. The molecule has 0 radical (unpaired) electrons. The molecular formula is C23H25ClN4O3. The van der Waals surface area contributed by atoms with E-state index in [1.165, 1.54) is 0 Å². The number of rotatable bonds is 9. The van der Waals surface area contributed by atoms with E-state index < -0.39 is 0 Å². The van der Waals surface area contributed by atoms with Crippen LogP contribution in [-0.4, -0.2) is 35.1 Å². The number of nitrogen functional groups attached to an aromatic ring is 2. The highest BCUT2D eigenvalue weighted by Gasteiger charge is 2.10. The van der Waals surface area contributed by atoms with Crippen LogP contribution in [-0.2, 0) is 0 Å². The Kier molecular flexibility index (Phi) is 7.70. The minimum absolute atomic E-state index is 0.0240. The third kappa shape index (κ3) is 6.10. The Labute approximate surface area is 186 Å². The first-order valence-corrected chi connectivity index (χ1v) is 10.4. The number of ether oxygens (including phenoxy) is 1. The quantitative estimate of drug-likeness (QED) is 0.375. The van der Waals surface area contributed by atoms with Gasteiger partial charge in [0.1, 0.15) is 11.6 Å². The molecule has 2 aromatic carbocycles. The zero-order valence-electron chi connectivity index (χ0n) is 16.9. The van der Waals surface area contributed by atoms with Crippen molar-refractivity contribution in [1.29, 1.82) is 0 Å². The number of aliphatic hydroxyl groups excluding tert-OH is 1. The Bertz CT molecular complexity index is 1020. The van der Waals surface area contributed by atoms with Gasteiger partial charge >= 0.3 is 0 Å². The molecule has 1 aromatic heterocycles. The van der Waals surface area contributed by atoms with E-state index in [4.69, 9.17) is 32.9 Å². The Balaban J connectivity index is 1.62. The van der Waals surface area contributed by atoms with Gasteiger partial charge in [0.05, 0.1) is 18.0 Å². The van der Waals surface area contributed by atoms with Crippen LogP contribution in [0.15, 0.2) is 60.7 Å². The highest BCUT2D eigenvalue weighted by atomic mass is 35.5. The zero-order valence-corrected chi connectivity index (χ0v) is 17.7. The van der Waals surface area contributed by atoms with Crippen LogP contribution in [0.25, 0.3) is 11.3 Å². The first kappa shape index (κ1) is 22.4. The molecule has 31 heavy (non-hydrogen) atoms. The summed E-state index contributed by atoms with van der Waals surface area (Å²) in [6.07, 6.45) is 0.670. The first-order valence-electron chi connectivity index (χ1n) is 9.83. The second-order valence-electron chi connectivity index (χ2n) is 7.07. The van der Waals surface area contributed by atoms with Crippen LogP contribution < -0.4 is 21.5 Å². The minimum Gasteiger partial charge on any atom is -0.494 e. The van der Waals surface area contributed by atoms with Crippen LogP contribution in [0.5, 0.6) is 5.75 Å². The third-order valence-electron chi connectivity index (χ3n) is 4.76. The van der Waals surface area contributed by atoms with Crippen LogP contribution in [0, 0.1) is 5.92 Å². The van der Waals surface area contributed by atoms with E-state index in [9.17, 15) is 4.79 Å². The summed E-state index contributed by atoms with van der Waals surface area (Å²) in [4.78, 5) is 16.9. The molecule has 162 valence electrons. The number of aromatic nitrogens is 1. The van der Waals surface area contributed by atoms with Gasteiger partial charge in [-0.2, -0.15) is 0 Å². The number of carbonyl (C=O) groups excluding carboxylic acids is 1. The van der Waals surface area contributed by atoms with Crippen LogP contribution in [0.3, 0.4) is 0 Å². The van der Waals surface area contributed by atoms with E-state index >= 15 is 0 Å². The van der Waals surface area contributed by atoms with E-state index in [-0.39, 0.29) is 24.2 Å². The second kappa shape index (κ2) is 10.7. The van der Waals surface area contributed by atoms with Gasteiger partial charge in [-0.1, -0.05) is 12.1 Å². The minimum atomic E-state index is -0.244. The Morgan fingerprint density at radius 1 is 1.13 bits per heavy atom. The van der Waals surface area contributed by atoms with Gasteiger partial charge in [0, 0.05) is 29.3 Å². The van der Waals surface area contributed by atoms with E-state index in [2.05, 4.69) is 10.3 Å². The van der Waals surface area contributed by atoms with Crippen molar-refractivity contribution in [1.82, 2.24) is 4.98 Å². The molecular weight excluding hydrogens is 416 g/mol. The molecule has 7 nitrogen and oxygen atoms in total. The van der Waals surface area contributed by atoms with Crippen molar-refractivity contribution in [2.45, 2.75) is 6.42 Å². The highest BCUT2D eigenvalue weighted by molar-refractivity contribution is 6.18. The van der Waals surface area contributed by atoms with Gasteiger partial charge in [0.2, 0.25) is 0 Å². The molecule has 8 heteroatoms. The molecule has 6 N–H and O–H groups in total. The maximum Gasteiger partial charge on any atom is 0.255 e. The predicted molar refractivity (Wildman–Crippen MR) is 124 cm³/mol. The lowest BCUT2D eigenvalue weighted by molar-refractivity contribution is 0.102. The zero-order chi connectivity index (χ0) is 22.2. The lowest BCUT2D eigenvalue weighted by atomic mass is 10.1. The smallest absolute Gasteiger partial charge is 0.255 e. The Morgan fingerprint density at radius 3 is 2.58 bits per heavy atom. The number of amides is 1. The normalized spacial score (nSPS) is 11.7. The molecule has 1 amide bonds. The average molecular weight is 441 g/mol. The van der Waals surface area contributed by atoms with Gasteiger partial charge < -0.3 is 26.6 Å². The molecule has 0 saturated heterocycles. The number of hydrogen-bond acceptors (Lipinski definition) is 6. The van der Waals surface area contributed by atoms with Crippen molar-refractivity contribution in [3.8, 4) is 17.0 Å². The van der Waals surface area contributed by atoms with Crippen molar-refractivity contribution >= 4 is 34.7 Å². The molecule has 3 rings (SSSR count). The third-order valence-corrected chi connectivity index (χ3v) is 5.20. The van der Waals surface area contributed by atoms with Gasteiger partial charge in [-0.25, -0.2) is 4.98 Å². The molecule has 0 aliphatic rings. The number of hydrogen-bond donors (Lipinski definition) is 4. The lowest BCUT2D eigenvalue weighted by Crippen LogP contribution is -2.13. The fraction of sp³-hybridized carbons (Fsp3) is 0.217. The molecule has 1 heterocycles. The van der Waals surface area contributed by atoms with E-state index in [1.54, 1.807) is 54.6 Å². The molecule has 0 spiro atoms. The van der Waals surface area contributed by atoms with Gasteiger partial charge in [0.25, 0.3) is 5.91 Å². The predicted octanol–water partition coefficient (Wildman–Crippen LogP) is 3.78. The van der Waals surface area contributed by atoms with Crippen molar-refractivity contribution in [2.24, 2.45) is 5.92 Å². The topological polar surface area (TPSA) is 123 Å². The number of pyridine rings is 1. The van der Waals surface area contributed by atoms with Crippen molar-refractivity contribution in [2.75, 3.05) is 35.9 Å². The molecule has 3 aromatic rings. The van der Waals surface area contributed by atoms with Crippen molar-refractivity contribution in [3.05, 3.63) is 66.2 Å². The first-order chi connectivity index (χ1) is 15.0. The molecule has 0 saturated carbocycles. The number of halogens is 1.